The predicted molar refractivity (Wildman–Crippen MR) is 141 cm³/mol. The molecule has 36 heavy (non-hydrogen) atoms. The molecule has 1 amide bonds. The molecule has 0 fully saturated rings. The van der Waals surface area contributed by atoms with Crippen LogP contribution >= 0.6 is 11.6 Å². The van der Waals surface area contributed by atoms with Crippen molar-refractivity contribution in [2.45, 2.75) is 13.0 Å². The van der Waals surface area contributed by atoms with E-state index in [4.69, 9.17) is 21.1 Å². The van der Waals surface area contributed by atoms with Gasteiger partial charge in [0.15, 0.2) is 6.10 Å². The van der Waals surface area contributed by atoms with Gasteiger partial charge in [-0.3, -0.25) is 4.79 Å². The molecule has 180 valence electrons. The number of hydrogen-bond acceptors (Lipinski definition) is 5. The first-order valence-electron chi connectivity index (χ1n) is 11.2. The molecule has 4 aromatic carbocycles. The van der Waals surface area contributed by atoms with Gasteiger partial charge < -0.3 is 9.47 Å². The quantitative estimate of drug-likeness (QED) is 0.137. The zero-order valence-corrected chi connectivity index (χ0v) is 20.2. The number of nitrogens with one attached hydrogen (secondary N) is 1. The fraction of sp³-hybridized carbons (Fsp3) is 0.0690. The highest BCUT2D eigenvalue weighted by atomic mass is 35.5. The third-order valence-electron chi connectivity index (χ3n) is 5.22. The second-order valence-corrected chi connectivity index (χ2v) is 8.23. The van der Waals surface area contributed by atoms with Crippen molar-refractivity contribution in [3.63, 3.8) is 0 Å². The summed E-state index contributed by atoms with van der Waals surface area (Å²) in [5, 5.41) is 4.30. The highest BCUT2D eigenvalue weighted by Gasteiger charge is 2.14. The number of rotatable bonds is 8. The fourth-order valence-corrected chi connectivity index (χ4v) is 3.50. The average molecular weight is 499 g/mol. The minimum atomic E-state index is -0.740. The zero-order valence-electron chi connectivity index (χ0n) is 19.4. The largest absolute Gasteiger partial charge is 0.481 e. The lowest BCUT2D eigenvalue weighted by atomic mass is 10.1. The molecule has 0 bridgehead atoms. The van der Waals surface area contributed by atoms with Crippen LogP contribution in [0.1, 0.15) is 22.8 Å². The van der Waals surface area contributed by atoms with Crippen LogP contribution in [0, 0.1) is 0 Å². The van der Waals surface area contributed by atoms with E-state index in [2.05, 4.69) is 10.5 Å². The summed E-state index contributed by atoms with van der Waals surface area (Å²) in [6.07, 6.45) is 0.746. The van der Waals surface area contributed by atoms with E-state index in [9.17, 15) is 9.59 Å². The molecule has 0 radical (unpaired) electrons. The number of carbonyl (C=O) groups excluding carboxylic acids is 2. The number of amides is 1. The maximum Gasteiger partial charge on any atom is 0.345 e. The van der Waals surface area contributed by atoms with E-state index in [1.165, 1.54) is 6.21 Å². The standard InChI is InChI=1S/C29H23ClN2O4/c1-20(35-24-17-13-23(14-18-24)22-7-3-2-4-8-22)28(33)32-31-19-21-11-15-25(16-12-21)36-29(34)26-9-5-6-10-27(26)30/h2-20H,1H3,(H,32,33)/b31-19+. The summed E-state index contributed by atoms with van der Waals surface area (Å²) in [5.74, 6) is 0.0197. The summed E-state index contributed by atoms with van der Waals surface area (Å²) in [5.41, 5.74) is 5.63. The molecule has 0 aliphatic rings. The lowest BCUT2D eigenvalue weighted by molar-refractivity contribution is -0.127. The van der Waals surface area contributed by atoms with Crippen LogP contribution in [0.3, 0.4) is 0 Å². The summed E-state index contributed by atoms with van der Waals surface area (Å²) >= 11 is 6.03. The molecule has 0 spiro atoms. The minimum Gasteiger partial charge on any atom is -0.481 e. The van der Waals surface area contributed by atoms with Crippen molar-refractivity contribution < 1.29 is 19.1 Å². The first kappa shape index (κ1) is 24.7. The summed E-state index contributed by atoms with van der Waals surface area (Å²) < 4.78 is 11.1. The number of carbonyl (C=O) groups is 2. The van der Waals surface area contributed by atoms with E-state index < -0.39 is 12.1 Å². The molecule has 0 saturated carbocycles. The van der Waals surface area contributed by atoms with Gasteiger partial charge in [0.2, 0.25) is 0 Å². The predicted octanol–water partition coefficient (Wildman–Crippen LogP) is 6.14. The van der Waals surface area contributed by atoms with E-state index in [-0.39, 0.29) is 11.5 Å². The number of nitrogens with zero attached hydrogens (tertiary/aromatic N) is 1. The highest BCUT2D eigenvalue weighted by molar-refractivity contribution is 6.33. The van der Waals surface area contributed by atoms with Crippen molar-refractivity contribution in [3.05, 3.63) is 119 Å². The number of ether oxygens (including phenoxy) is 2. The molecule has 0 aliphatic carbocycles. The van der Waals surface area contributed by atoms with Crippen LogP contribution in [-0.4, -0.2) is 24.2 Å². The van der Waals surface area contributed by atoms with Gasteiger partial charge in [0.05, 0.1) is 16.8 Å². The Kier molecular flexibility index (Phi) is 8.11. The SMILES string of the molecule is CC(Oc1ccc(-c2ccccc2)cc1)C(=O)N/N=C/c1ccc(OC(=O)c2ccccc2Cl)cc1. The van der Waals surface area contributed by atoms with Crippen LogP contribution in [0.15, 0.2) is 108 Å². The van der Waals surface area contributed by atoms with Gasteiger partial charge in [-0.15, -0.1) is 0 Å². The Morgan fingerprint density at radius 1 is 0.806 bits per heavy atom. The Morgan fingerprint density at radius 3 is 2.11 bits per heavy atom. The lowest BCUT2D eigenvalue weighted by Gasteiger charge is -2.13. The molecular formula is C29H23ClN2O4. The Balaban J connectivity index is 1.26. The second kappa shape index (κ2) is 11.8. The first-order chi connectivity index (χ1) is 17.5. The lowest BCUT2D eigenvalue weighted by Crippen LogP contribution is -2.33. The number of hydrazone groups is 1. The Morgan fingerprint density at radius 2 is 1.42 bits per heavy atom. The van der Waals surface area contributed by atoms with Crippen LogP contribution in [0.4, 0.5) is 0 Å². The van der Waals surface area contributed by atoms with E-state index in [0.717, 1.165) is 11.1 Å². The molecule has 4 rings (SSSR count). The Hall–Kier alpha value is -4.42. The second-order valence-electron chi connectivity index (χ2n) is 7.82. The molecule has 0 heterocycles. The Bertz CT molecular complexity index is 1350. The zero-order chi connectivity index (χ0) is 25.3. The van der Waals surface area contributed by atoms with Crippen LogP contribution in [0.5, 0.6) is 11.5 Å². The minimum absolute atomic E-state index is 0.288. The van der Waals surface area contributed by atoms with E-state index >= 15 is 0 Å². The van der Waals surface area contributed by atoms with Crippen LogP contribution in [0.25, 0.3) is 11.1 Å². The fourth-order valence-electron chi connectivity index (χ4n) is 3.29. The monoisotopic (exact) mass is 498 g/mol. The summed E-state index contributed by atoms with van der Waals surface area (Å²) in [6, 6.07) is 30.9. The molecule has 1 unspecified atom stereocenters. The van der Waals surface area contributed by atoms with Crippen LogP contribution < -0.4 is 14.9 Å². The molecule has 1 atom stereocenters. The number of halogens is 1. The van der Waals surface area contributed by atoms with Gasteiger partial charge in [-0.2, -0.15) is 5.10 Å². The van der Waals surface area contributed by atoms with Crippen molar-refractivity contribution in [2.75, 3.05) is 0 Å². The molecule has 4 aromatic rings. The van der Waals surface area contributed by atoms with Crippen LogP contribution in [0.2, 0.25) is 5.02 Å². The highest BCUT2D eigenvalue weighted by Crippen LogP contribution is 2.23. The van der Waals surface area contributed by atoms with Gasteiger partial charge in [0.1, 0.15) is 11.5 Å². The van der Waals surface area contributed by atoms with Gasteiger partial charge >= 0.3 is 5.97 Å². The molecular weight excluding hydrogens is 476 g/mol. The van der Waals surface area contributed by atoms with Gasteiger partial charge in [0.25, 0.3) is 5.91 Å². The smallest absolute Gasteiger partial charge is 0.345 e. The average Bonchev–Trinajstić information content (AvgIpc) is 2.90. The third-order valence-corrected chi connectivity index (χ3v) is 5.55. The molecule has 0 saturated heterocycles. The number of benzene rings is 4. The van der Waals surface area contributed by atoms with Crippen molar-refractivity contribution >= 4 is 29.7 Å². The van der Waals surface area contributed by atoms with E-state index in [1.807, 2.05) is 54.6 Å². The van der Waals surface area contributed by atoms with E-state index in [1.54, 1.807) is 55.5 Å². The Labute approximate surface area is 214 Å². The topological polar surface area (TPSA) is 77.0 Å². The number of hydrogen-bond donors (Lipinski definition) is 1. The van der Waals surface area contributed by atoms with Gasteiger partial charge in [-0.25, -0.2) is 10.2 Å². The summed E-state index contributed by atoms with van der Waals surface area (Å²) in [4.78, 5) is 24.6. The molecule has 7 heteroatoms. The van der Waals surface area contributed by atoms with Crippen molar-refractivity contribution in [3.8, 4) is 22.6 Å². The molecule has 1 N–H and O–H groups in total. The van der Waals surface area contributed by atoms with Gasteiger partial charge in [-0.1, -0.05) is 66.2 Å². The van der Waals surface area contributed by atoms with Gasteiger partial charge in [-0.05, 0) is 72.1 Å². The third kappa shape index (κ3) is 6.58. The van der Waals surface area contributed by atoms with Gasteiger partial charge in [0, 0.05) is 0 Å². The maximum absolute atomic E-state index is 12.3. The number of esters is 1. The molecule has 0 aromatic heterocycles. The molecule has 0 aliphatic heterocycles. The normalized spacial score (nSPS) is 11.6. The van der Waals surface area contributed by atoms with Crippen molar-refractivity contribution in [1.82, 2.24) is 5.43 Å². The summed E-state index contributed by atoms with van der Waals surface area (Å²) in [7, 11) is 0. The van der Waals surface area contributed by atoms with Crippen molar-refractivity contribution in [2.24, 2.45) is 5.10 Å². The molecule has 6 nitrogen and oxygen atoms in total. The van der Waals surface area contributed by atoms with Crippen molar-refractivity contribution in [1.29, 1.82) is 0 Å². The maximum atomic E-state index is 12.3. The summed E-state index contributed by atoms with van der Waals surface area (Å²) in [6.45, 7) is 1.65. The van der Waals surface area contributed by atoms with Crippen LogP contribution in [-0.2, 0) is 4.79 Å². The van der Waals surface area contributed by atoms with E-state index in [0.29, 0.717) is 22.1 Å². The first-order valence-corrected chi connectivity index (χ1v) is 11.6.